The Hall–Kier alpha value is 0.0900. The summed E-state index contributed by atoms with van der Waals surface area (Å²) >= 11 is 2.19. The van der Waals surface area contributed by atoms with E-state index in [-0.39, 0.29) is 8.06 Å². The smallest absolute Gasteiger partial charge is 0.179 e. The summed E-state index contributed by atoms with van der Waals surface area (Å²) in [6.07, 6.45) is 0.327. The molecule has 0 aromatic carbocycles. The minimum absolute atomic E-state index is 0.168. The number of hydrogen-bond acceptors (Lipinski definition) is 1. The van der Waals surface area contributed by atoms with Gasteiger partial charge in [-0.1, -0.05) is 20.7 Å². The van der Waals surface area contributed by atoms with Crippen molar-refractivity contribution in [3.8, 4) is 0 Å². The molecular weight excluding hydrogens is 333 g/mol. The average Bonchev–Trinajstić information content (AvgIpc) is 2.01. The lowest BCUT2D eigenvalue weighted by atomic mass is 10.3. The highest BCUT2D eigenvalue weighted by atomic mass is 127. The van der Waals surface area contributed by atoms with Gasteiger partial charge in [0.15, 0.2) is 17.9 Å². The van der Waals surface area contributed by atoms with Gasteiger partial charge in [0.25, 0.3) is 0 Å². The van der Waals surface area contributed by atoms with E-state index in [0.29, 0.717) is 6.29 Å². The molecule has 0 bridgehead atoms. The monoisotopic (exact) mass is 334 g/mol. The second-order valence-electron chi connectivity index (χ2n) is 1.68. The normalized spacial score (nSPS) is 18.5. The third-order valence-electron chi connectivity index (χ3n) is 1.01. The summed E-state index contributed by atoms with van der Waals surface area (Å²) in [5.41, 5.74) is -0.168. The third kappa shape index (κ3) is 1.81. The van der Waals surface area contributed by atoms with E-state index in [1.54, 1.807) is 0 Å². The molecule has 0 radical (unpaired) electrons. The number of carbonyl (C=O) groups is 1. The first-order chi connectivity index (χ1) is 5.16. The quantitative estimate of drug-likeness (QED) is 0.532. The van der Waals surface area contributed by atoms with Gasteiger partial charge in [0.1, 0.15) is 0 Å². The second-order valence-corrected chi connectivity index (χ2v) is 6.28. The molecule has 0 saturated heterocycles. The summed E-state index contributed by atoms with van der Waals surface area (Å²) in [5.74, 6) is -1.99. The molecule has 1 rings (SSSR count). The molecule has 0 aromatic rings. The van der Waals surface area contributed by atoms with Crippen LogP contribution in [-0.2, 0) is 4.79 Å². The molecule has 0 fully saturated rings. The van der Waals surface area contributed by atoms with Crippen molar-refractivity contribution in [2.75, 3.05) is 0 Å². The van der Waals surface area contributed by atoms with Gasteiger partial charge in [-0.25, -0.2) is 8.78 Å². The highest BCUT2D eigenvalue weighted by molar-refractivity contribution is 14.2. The molecule has 0 spiro atoms. The van der Waals surface area contributed by atoms with E-state index < -0.39 is 32.4 Å². The molecule has 1 heterocycles. The third-order valence-corrected chi connectivity index (χ3v) is 4.52. The predicted molar refractivity (Wildman–Crippen MR) is 51.3 cm³/mol. The van der Waals surface area contributed by atoms with Crippen molar-refractivity contribution in [1.29, 1.82) is 0 Å². The Morgan fingerprint density at radius 2 is 2.09 bits per heavy atom. The van der Waals surface area contributed by atoms with Crippen LogP contribution in [0, 0.1) is 0 Å². The fourth-order valence-electron chi connectivity index (χ4n) is 0.490. The van der Waals surface area contributed by atoms with Crippen LogP contribution in [0.15, 0.2) is 19.7 Å². The Kier molecular flexibility index (Phi) is 3.06. The molecule has 5 heteroatoms. The molecule has 11 heavy (non-hydrogen) atoms. The zero-order valence-electron chi connectivity index (χ0n) is 5.07. The first-order valence-electron chi connectivity index (χ1n) is 2.54. The highest BCUT2D eigenvalue weighted by Crippen LogP contribution is 2.35. The lowest BCUT2D eigenvalue weighted by Gasteiger charge is -2.02. The molecule has 0 aromatic heterocycles. The molecule has 1 aliphatic rings. The molecule has 0 aliphatic carbocycles. The van der Waals surface area contributed by atoms with Crippen LogP contribution in [-0.4, -0.2) is 10.3 Å². The standard InChI is InChI=1S/C6H2BrF2IO/c7-6-5(9)4(8)3(2-11)1-10-6/h1-2H. The molecule has 60 valence electrons. The van der Waals surface area contributed by atoms with Crippen molar-refractivity contribution in [3.63, 3.8) is 0 Å². The van der Waals surface area contributed by atoms with E-state index in [4.69, 9.17) is 0 Å². The van der Waals surface area contributed by atoms with E-state index in [0.717, 1.165) is 0 Å². The number of carbonyl (C=O) groups excluding carboxylic acids is 1. The Labute approximate surface area is 80.0 Å². The van der Waals surface area contributed by atoms with Gasteiger partial charge in [-0.2, -0.15) is 0 Å². The number of aldehydes is 1. The maximum atomic E-state index is 12.7. The molecule has 0 amide bonds. The largest absolute Gasteiger partial charge is 0.298 e. The van der Waals surface area contributed by atoms with Crippen LogP contribution in [0.2, 0.25) is 0 Å². The number of allylic oxidation sites excluding steroid dienone is 3. The highest BCUT2D eigenvalue weighted by Gasteiger charge is 2.16. The van der Waals surface area contributed by atoms with Crippen molar-refractivity contribution in [2.45, 2.75) is 0 Å². The zero-order valence-corrected chi connectivity index (χ0v) is 8.82. The summed E-state index contributed by atoms with van der Waals surface area (Å²) in [6.45, 7) is 0. The van der Waals surface area contributed by atoms with Gasteiger partial charge >= 0.3 is 0 Å². The Morgan fingerprint density at radius 1 is 1.45 bits per heavy atom. The predicted octanol–water partition coefficient (Wildman–Crippen LogP) is 2.73. The van der Waals surface area contributed by atoms with E-state index in [1.165, 1.54) is 4.01 Å². The minimum Gasteiger partial charge on any atom is -0.298 e. The summed E-state index contributed by atoms with van der Waals surface area (Å²) in [4.78, 5) is 10.1. The van der Waals surface area contributed by atoms with Crippen molar-refractivity contribution in [3.05, 3.63) is 19.7 Å². The molecule has 0 unspecified atom stereocenters. The van der Waals surface area contributed by atoms with Crippen LogP contribution in [0.4, 0.5) is 8.78 Å². The molecule has 1 aliphatic heterocycles. The SMILES string of the molecule is O=CC1=C(F)C(F)=C(Br)I=C1. The Morgan fingerprint density at radius 3 is 2.64 bits per heavy atom. The second kappa shape index (κ2) is 3.66. The maximum absolute atomic E-state index is 12.7. The van der Waals surface area contributed by atoms with Gasteiger partial charge in [0.2, 0.25) is 0 Å². The van der Waals surface area contributed by atoms with Crippen LogP contribution in [0.1, 0.15) is 0 Å². The average molecular weight is 335 g/mol. The molecular formula is C6H2BrF2IO. The van der Waals surface area contributed by atoms with Crippen LogP contribution < -0.4 is 0 Å². The van der Waals surface area contributed by atoms with Crippen molar-refractivity contribution in [2.24, 2.45) is 0 Å². The van der Waals surface area contributed by atoms with Crippen molar-refractivity contribution >= 4 is 47.0 Å². The number of rotatable bonds is 1. The van der Waals surface area contributed by atoms with E-state index >= 15 is 0 Å². The van der Waals surface area contributed by atoms with Gasteiger partial charge in [-0.3, -0.25) is 4.79 Å². The van der Waals surface area contributed by atoms with Crippen LogP contribution >= 0.6 is 36.7 Å². The van der Waals surface area contributed by atoms with Gasteiger partial charge in [-0.15, -0.1) is 0 Å². The fraction of sp³-hybridized carbons (Fsp3) is 0. The zero-order chi connectivity index (χ0) is 8.43. The minimum atomic E-state index is -1.06. The summed E-state index contributed by atoms with van der Waals surface area (Å²) in [7, 11) is 0. The van der Waals surface area contributed by atoms with Crippen LogP contribution in [0.5, 0.6) is 0 Å². The Bertz CT molecular complexity index is 293. The fourth-order valence-corrected chi connectivity index (χ4v) is 2.78. The summed E-state index contributed by atoms with van der Waals surface area (Å²) in [5, 5.41) is 0. The molecule has 0 N–H and O–H groups in total. The van der Waals surface area contributed by atoms with Crippen LogP contribution in [0.3, 0.4) is 0 Å². The lowest BCUT2D eigenvalue weighted by molar-refractivity contribution is -0.104. The summed E-state index contributed by atoms with van der Waals surface area (Å²) in [6, 6.07) is 0. The Balaban J connectivity index is 3.21. The van der Waals surface area contributed by atoms with Gasteiger partial charge in [0.05, 0.1) is 8.06 Å². The maximum Gasteiger partial charge on any atom is 0.179 e. The van der Waals surface area contributed by atoms with E-state index in [1.807, 2.05) is 0 Å². The topological polar surface area (TPSA) is 17.1 Å². The van der Waals surface area contributed by atoms with Gasteiger partial charge in [-0.05, 0) is 19.9 Å². The summed E-state index contributed by atoms with van der Waals surface area (Å²) < 4.78 is 27.0. The first kappa shape index (κ1) is 9.18. The lowest BCUT2D eigenvalue weighted by Crippen LogP contribution is -1.94. The first-order valence-corrected chi connectivity index (χ1v) is 5.65. The number of hydrogen-bond donors (Lipinski definition) is 0. The number of halogens is 4. The molecule has 1 nitrogen and oxygen atoms in total. The molecule has 0 atom stereocenters. The van der Waals surface area contributed by atoms with Crippen molar-refractivity contribution < 1.29 is 13.6 Å². The van der Waals surface area contributed by atoms with E-state index in [2.05, 4.69) is 15.9 Å². The van der Waals surface area contributed by atoms with Crippen molar-refractivity contribution in [1.82, 2.24) is 0 Å². The van der Waals surface area contributed by atoms with Gasteiger partial charge in [0, 0.05) is 0 Å². The molecule has 0 saturated carbocycles. The van der Waals surface area contributed by atoms with Crippen LogP contribution in [0.25, 0.3) is 0 Å². The van der Waals surface area contributed by atoms with Gasteiger partial charge < -0.3 is 0 Å². The van der Waals surface area contributed by atoms with E-state index in [9.17, 15) is 13.6 Å².